The van der Waals surface area contributed by atoms with Crippen LogP contribution >= 0.6 is 35.4 Å². The van der Waals surface area contributed by atoms with Crippen molar-refractivity contribution in [2.24, 2.45) is 0 Å². The monoisotopic (exact) mass is 397 g/mol. The second-order valence-corrected chi connectivity index (χ2v) is 5.99. The number of hydrogen-bond acceptors (Lipinski definition) is 5. The largest absolute Gasteiger partial charge is 0.545 e. The highest BCUT2D eigenvalue weighted by atomic mass is 35.5. The van der Waals surface area contributed by atoms with Gasteiger partial charge in [-0.05, 0) is 48.6 Å². The van der Waals surface area contributed by atoms with Crippen LogP contribution in [0, 0.1) is 0 Å². The Kier molecular flexibility index (Phi) is 6.19. The predicted octanol–water partition coefficient (Wildman–Crippen LogP) is 2.49. The molecule has 0 unspecified atom stereocenters. The van der Waals surface area contributed by atoms with E-state index in [0.717, 1.165) is 0 Å². The molecule has 0 aliphatic carbocycles. The third kappa shape index (κ3) is 4.82. The Balaban J connectivity index is 2.10. The predicted molar refractivity (Wildman–Crippen MR) is 97.5 cm³/mol. The number of thiocarbonyl (C=S) groups is 1. The summed E-state index contributed by atoms with van der Waals surface area (Å²) < 4.78 is 5.11. The third-order valence-electron chi connectivity index (χ3n) is 3.08. The molecule has 0 atom stereocenters. The van der Waals surface area contributed by atoms with Gasteiger partial charge in [-0.3, -0.25) is 10.1 Å². The summed E-state index contributed by atoms with van der Waals surface area (Å²) in [5.74, 6) is -1.57. The van der Waals surface area contributed by atoms with E-state index in [1.165, 1.54) is 31.4 Å². The molecule has 0 aromatic heterocycles. The second-order valence-electron chi connectivity index (χ2n) is 4.73. The van der Waals surface area contributed by atoms with Crippen LogP contribution in [0.3, 0.4) is 0 Å². The van der Waals surface area contributed by atoms with Crippen molar-refractivity contribution in [2.75, 3.05) is 12.4 Å². The minimum atomic E-state index is -1.39. The minimum Gasteiger partial charge on any atom is -0.545 e. The molecule has 0 spiro atoms. The van der Waals surface area contributed by atoms with Gasteiger partial charge in [0.1, 0.15) is 5.75 Å². The maximum atomic E-state index is 12.3. The average molecular weight is 398 g/mol. The zero-order valence-corrected chi connectivity index (χ0v) is 15.1. The molecular formula is C16H11Cl2N2O4S-. The fraction of sp³-hybridized carbons (Fsp3) is 0.0625. The number of halogens is 2. The summed E-state index contributed by atoms with van der Waals surface area (Å²) in [5, 5.41) is 16.4. The van der Waals surface area contributed by atoms with Gasteiger partial charge in [0.25, 0.3) is 5.91 Å². The molecule has 0 heterocycles. The van der Waals surface area contributed by atoms with E-state index in [1.54, 1.807) is 12.1 Å². The normalized spacial score (nSPS) is 10.0. The first-order chi connectivity index (χ1) is 11.8. The van der Waals surface area contributed by atoms with E-state index in [4.69, 9.17) is 40.2 Å². The lowest BCUT2D eigenvalue weighted by atomic mass is 10.2. The Morgan fingerprint density at radius 2 is 1.84 bits per heavy atom. The fourth-order valence-electron chi connectivity index (χ4n) is 1.95. The second kappa shape index (κ2) is 8.15. The molecule has 2 rings (SSSR count). The number of carbonyl (C=O) groups excluding carboxylic acids is 2. The Morgan fingerprint density at radius 3 is 2.44 bits per heavy atom. The van der Waals surface area contributed by atoms with Crippen LogP contribution in [0.15, 0.2) is 36.4 Å². The van der Waals surface area contributed by atoms with E-state index >= 15 is 0 Å². The van der Waals surface area contributed by atoms with E-state index in [2.05, 4.69) is 10.6 Å². The number of ether oxygens (including phenoxy) is 1. The number of carboxylic acids is 1. The molecule has 0 aliphatic rings. The fourth-order valence-corrected chi connectivity index (χ4v) is 2.59. The summed E-state index contributed by atoms with van der Waals surface area (Å²) in [4.78, 5) is 23.1. The average Bonchev–Trinajstić information content (AvgIpc) is 2.54. The molecule has 0 aliphatic heterocycles. The molecule has 0 radical (unpaired) electrons. The van der Waals surface area contributed by atoms with Crippen LogP contribution in [0.4, 0.5) is 5.69 Å². The standard InChI is InChI=1S/C16H12Cl2N2O4S/c1-24-13-5-2-8(17)6-11(13)14(21)20-16(25)19-9-3-4-10(15(22)23)12(18)7-9/h2-7H,1H3,(H,22,23)(H2,19,20,21,25)/p-1. The van der Waals surface area contributed by atoms with E-state index in [-0.39, 0.29) is 21.3 Å². The summed E-state index contributed by atoms with van der Waals surface area (Å²) in [6, 6.07) is 8.66. The molecular weight excluding hydrogens is 387 g/mol. The first kappa shape index (κ1) is 19.0. The van der Waals surface area contributed by atoms with Crippen LogP contribution in [0.25, 0.3) is 0 Å². The Labute approximate surface area is 158 Å². The van der Waals surface area contributed by atoms with Crippen molar-refractivity contribution in [3.8, 4) is 5.75 Å². The Bertz CT molecular complexity index is 858. The topological polar surface area (TPSA) is 90.5 Å². The quantitative estimate of drug-likeness (QED) is 0.770. The number of methoxy groups -OCH3 is 1. The van der Waals surface area contributed by atoms with E-state index < -0.39 is 11.9 Å². The van der Waals surface area contributed by atoms with E-state index in [0.29, 0.717) is 16.5 Å². The van der Waals surface area contributed by atoms with Crippen molar-refractivity contribution in [3.63, 3.8) is 0 Å². The van der Waals surface area contributed by atoms with Crippen LogP contribution in [0.2, 0.25) is 10.0 Å². The van der Waals surface area contributed by atoms with Gasteiger partial charge in [0.05, 0.1) is 23.7 Å². The molecule has 2 aromatic carbocycles. The van der Waals surface area contributed by atoms with Crippen LogP contribution in [-0.2, 0) is 0 Å². The minimum absolute atomic E-state index is 0.00991. The number of benzene rings is 2. The lowest BCUT2D eigenvalue weighted by Crippen LogP contribution is -2.34. The zero-order chi connectivity index (χ0) is 18.6. The smallest absolute Gasteiger partial charge is 0.261 e. The number of anilines is 1. The molecule has 0 bridgehead atoms. The summed E-state index contributed by atoms with van der Waals surface area (Å²) in [5.41, 5.74) is 0.466. The number of carbonyl (C=O) groups is 2. The highest BCUT2D eigenvalue weighted by Crippen LogP contribution is 2.23. The first-order valence-corrected chi connectivity index (χ1v) is 7.95. The summed E-state index contributed by atoms with van der Waals surface area (Å²) in [6.45, 7) is 0. The van der Waals surface area contributed by atoms with Crippen molar-refractivity contribution >= 4 is 58.1 Å². The summed E-state index contributed by atoms with van der Waals surface area (Å²) in [6.07, 6.45) is 0. The maximum Gasteiger partial charge on any atom is 0.261 e. The van der Waals surface area contributed by atoms with Gasteiger partial charge in [-0.15, -0.1) is 0 Å². The molecule has 2 N–H and O–H groups in total. The molecule has 130 valence electrons. The highest BCUT2D eigenvalue weighted by molar-refractivity contribution is 7.80. The molecule has 2 aromatic rings. The maximum absolute atomic E-state index is 12.3. The van der Waals surface area contributed by atoms with Gasteiger partial charge in [-0.2, -0.15) is 0 Å². The van der Waals surface area contributed by atoms with Crippen LogP contribution in [0.5, 0.6) is 5.75 Å². The van der Waals surface area contributed by atoms with E-state index in [9.17, 15) is 14.7 Å². The van der Waals surface area contributed by atoms with E-state index in [1.807, 2.05) is 0 Å². The molecule has 1 amide bonds. The number of aromatic carboxylic acids is 1. The Hall–Kier alpha value is -2.35. The third-order valence-corrected chi connectivity index (χ3v) is 3.83. The van der Waals surface area contributed by atoms with Gasteiger partial charge < -0.3 is 20.0 Å². The molecule has 0 saturated heterocycles. The number of hydrogen-bond donors (Lipinski definition) is 2. The molecule has 25 heavy (non-hydrogen) atoms. The summed E-state index contributed by atoms with van der Waals surface area (Å²) in [7, 11) is 1.43. The van der Waals surface area contributed by atoms with Crippen LogP contribution in [0.1, 0.15) is 20.7 Å². The van der Waals surface area contributed by atoms with Gasteiger partial charge in [0.15, 0.2) is 5.11 Å². The van der Waals surface area contributed by atoms with Gasteiger partial charge in [0, 0.05) is 16.3 Å². The number of nitrogens with one attached hydrogen (secondary N) is 2. The van der Waals surface area contributed by atoms with Gasteiger partial charge in [0.2, 0.25) is 0 Å². The van der Waals surface area contributed by atoms with Gasteiger partial charge in [-0.25, -0.2) is 0 Å². The SMILES string of the molecule is COc1ccc(Cl)cc1C(=O)NC(=S)Nc1ccc(C(=O)[O-])c(Cl)c1. The van der Waals surface area contributed by atoms with Crippen molar-refractivity contribution in [1.82, 2.24) is 5.32 Å². The molecule has 0 saturated carbocycles. The molecule has 6 nitrogen and oxygen atoms in total. The zero-order valence-electron chi connectivity index (χ0n) is 12.8. The lowest BCUT2D eigenvalue weighted by molar-refractivity contribution is -0.255. The van der Waals surface area contributed by atoms with Crippen molar-refractivity contribution in [2.45, 2.75) is 0 Å². The highest BCUT2D eigenvalue weighted by Gasteiger charge is 2.14. The van der Waals surface area contributed by atoms with Crippen LogP contribution in [-0.4, -0.2) is 24.1 Å². The number of carboxylic acid groups (broad SMARTS) is 1. The Morgan fingerprint density at radius 1 is 1.12 bits per heavy atom. The first-order valence-electron chi connectivity index (χ1n) is 6.78. The van der Waals surface area contributed by atoms with Crippen molar-refractivity contribution in [1.29, 1.82) is 0 Å². The van der Waals surface area contributed by atoms with Gasteiger partial charge >= 0.3 is 0 Å². The van der Waals surface area contributed by atoms with Crippen molar-refractivity contribution < 1.29 is 19.4 Å². The van der Waals surface area contributed by atoms with Gasteiger partial charge in [-0.1, -0.05) is 23.2 Å². The lowest BCUT2D eigenvalue weighted by Gasteiger charge is -2.13. The number of amides is 1. The molecule has 0 fully saturated rings. The number of rotatable bonds is 4. The van der Waals surface area contributed by atoms with Crippen molar-refractivity contribution in [3.05, 3.63) is 57.6 Å². The summed E-state index contributed by atoms with van der Waals surface area (Å²) >= 11 is 16.8. The van der Waals surface area contributed by atoms with Crippen LogP contribution < -0.4 is 20.5 Å². The molecule has 9 heteroatoms.